The molecule has 1 aliphatic heterocycles. The molecule has 3 heterocycles. The first-order valence-electron chi connectivity index (χ1n) is 11.1. The van der Waals surface area contributed by atoms with Crippen molar-refractivity contribution in [2.24, 2.45) is 0 Å². The van der Waals surface area contributed by atoms with E-state index in [1.165, 1.54) is 6.33 Å². The predicted octanol–water partition coefficient (Wildman–Crippen LogP) is 3.77. The lowest BCUT2D eigenvalue weighted by Crippen LogP contribution is -2.38. The summed E-state index contributed by atoms with van der Waals surface area (Å²) in [6.07, 6.45) is 3.05. The molecule has 1 fully saturated rings. The van der Waals surface area contributed by atoms with E-state index in [9.17, 15) is 4.79 Å². The van der Waals surface area contributed by atoms with Crippen molar-refractivity contribution in [2.75, 3.05) is 12.3 Å². The predicted molar refractivity (Wildman–Crippen MR) is 127 cm³/mol. The summed E-state index contributed by atoms with van der Waals surface area (Å²) in [5.74, 6) is 1.67. The second-order valence-electron chi connectivity index (χ2n) is 8.15. The molecule has 0 spiro atoms. The molecule has 2 aromatic heterocycles. The zero-order chi connectivity index (χ0) is 23.5. The number of carbonyl (C=O) groups excluding carboxylic acids is 1. The molecule has 1 amide bonds. The SMILES string of the molecule is N#CCC(=O)N1CCC[C@@H]1Cn1nc(-c2ccc(Oc3ccccc3)cc2)c2c(N)ncnc21. The van der Waals surface area contributed by atoms with Gasteiger partial charge >= 0.3 is 0 Å². The van der Waals surface area contributed by atoms with Gasteiger partial charge in [0.15, 0.2) is 5.65 Å². The number of nitrogens with two attached hydrogens (primary N) is 1. The third-order valence-corrected chi connectivity index (χ3v) is 5.98. The van der Waals surface area contributed by atoms with Crippen molar-refractivity contribution in [2.45, 2.75) is 31.8 Å². The van der Waals surface area contributed by atoms with Gasteiger partial charge in [-0.2, -0.15) is 10.4 Å². The number of benzene rings is 2. The van der Waals surface area contributed by atoms with Crippen molar-refractivity contribution >= 4 is 22.8 Å². The number of hydrogen-bond acceptors (Lipinski definition) is 7. The summed E-state index contributed by atoms with van der Waals surface area (Å²) >= 11 is 0. The summed E-state index contributed by atoms with van der Waals surface area (Å²) in [6, 6.07) is 19.1. The Morgan fingerprint density at radius 2 is 1.88 bits per heavy atom. The van der Waals surface area contributed by atoms with Crippen LogP contribution in [0.25, 0.3) is 22.3 Å². The fraction of sp³-hybridized carbons (Fsp3) is 0.240. The molecule has 2 aromatic carbocycles. The fourth-order valence-electron chi connectivity index (χ4n) is 4.39. The van der Waals surface area contributed by atoms with Crippen LogP contribution in [0.3, 0.4) is 0 Å². The van der Waals surface area contributed by atoms with Gasteiger partial charge in [-0.05, 0) is 49.2 Å². The molecule has 0 radical (unpaired) electrons. The molecule has 1 atom stereocenters. The van der Waals surface area contributed by atoms with E-state index in [1.807, 2.05) is 60.7 Å². The van der Waals surface area contributed by atoms with E-state index >= 15 is 0 Å². The van der Waals surface area contributed by atoms with Crippen LogP contribution in [0, 0.1) is 11.3 Å². The van der Waals surface area contributed by atoms with Crippen molar-refractivity contribution in [3.05, 3.63) is 60.9 Å². The number of aromatic nitrogens is 4. The number of ether oxygens (including phenoxy) is 1. The maximum absolute atomic E-state index is 12.4. The van der Waals surface area contributed by atoms with E-state index in [4.69, 9.17) is 20.8 Å². The highest BCUT2D eigenvalue weighted by Gasteiger charge is 2.30. The number of para-hydroxylation sites is 1. The lowest BCUT2D eigenvalue weighted by molar-refractivity contribution is -0.131. The smallest absolute Gasteiger partial charge is 0.237 e. The molecule has 1 saturated heterocycles. The van der Waals surface area contributed by atoms with Gasteiger partial charge in [-0.25, -0.2) is 14.6 Å². The first-order valence-corrected chi connectivity index (χ1v) is 11.1. The molecule has 5 rings (SSSR count). The van der Waals surface area contributed by atoms with E-state index in [-0.39, 0.29) is 18.4 Å². The van der Waals surface area contributed by atoms with Gasteiger partial charge in [0.05, 0.1) is 24.0 Å². The highest BCUT2D eigenvalue weighted by molar-refractivity contribution is 5.98. The monoisotopic (exact) mass is 453 g/mol. The van der Waals surface area contributed by atoms with Crippen LogP contribution in [-0.4, -0.2) is 43.1 Å². The molecule has 0 unspecified atom stereocenters. The molecule has 34 heavy (non-hydrogen) atoms. The molecule has 170 valence electrons. The van der Waals surface area contributed by atoms with Gasteiger partial charge in [0.2, 0.25) is 5.91 Å². The van der Waals surface area contributed by atoms with Crippen LogP contribution in [-0.2, 0) is 11.3 Å². The molecular formula is C25H23N7O2. The first kappa shape index (κ1) is 21.4. The quantitative estimate of drug-likeness (QED) is 0.471. The molecule has 9 nitrogen and oxygen atoms in total. The van der Waals surface area contributed by atoms with Crippen LogP contribution in [0.4, 0.5) is 5.82 Å². The number of carbonyl (C=O) groups is 1. The summed E-state index contributed by atoms with van der Waals surface area (Å²) in [5, 5.41) is 14.4. The van der Waals surface area contributed by atoms with E-state index in [1.54, 1.807) is 9.58 Å². The number of amides is 1. The molecule has 0 saturated carbocycles. The minimum absolute atomic E-state index is 0.0466. The van der Waals surface area contributed by atoms with Gasteiger partial charge in [-0.3, -0.25) is 4.79 Å². The van der Waals surface area contributed by atoms with Gasteiger partial charge in [-0.15, -0.1) is 0 Å². The van der Waals surface area contributed by atoms with Crippen LogP contribution in [0.5, 0.6) is 11.5 Å². The average molecular weight is 454 g/mol. The summed E-state index contributed by atoms with van der Waals surface area (Å²) in [6.45, 7) is 1.12. The number of likely N-dealkylation sites (tertiary alicyclic amines) is 1. The lowest BCUT2D eigenvalue weighted by Gasteiger charge is -2.23. The molecule has 0 aliphatic carbocycles. The Labute approximate surface area is 196 Å². The summed E-state index contributed by atoms with van der Waals surface area (Å²) in [5.41, 5.74) is 8.38. The number of hydrogen-bond donors (Lipinski definition) is 1. The van der Waals surface area contributed by atoms with Crippen molar-refractivity contribution in [1.29, 1.82) is 5.26 Å². The highest BCUT2D eigenvalue weighted by atomic mass is 16.5. The fourth-order valence-corrected chi connectivity index (χ4v) is 4.39. The second-order valence-corrected chi connectivity index (χ2v) is 8.15. The van der Waals surface area contributed by atoms with Crippen LogP contribution >= 0.6 is 0 Å². The second kappa shape index (κ2) is 9.19. The third kappa shape index (κ3) is 4.13. The molecule has 1 aliphatic rings. The first-order chi connectivity index (χ1) is 16.6. The Balaban J connectivity index is 1.46. The van der Waals surface area contributed by atoms with E-state index in [2.05, 4.69) is 9.97 Å². The zero-order valence-electron chi connectivity index (χ0n) is 18.5. The Hall–Kier alpha value is -4.45. The minimum atomic E-state index is -0.148. The van der Waals surface area contributed by atoms with Gasteiger partial charge in [0, 0.05) is 12.1 Å². The van der Waals surface area contributed by atoms with Gasteiger partial charge in [-0.1, -0.05) is 18.2 Å². The molecule has 9 heteroatoms. The van der Waals surface area contributed by atoms with E-state index in [0.29, 0.717) is 41.4 Å². The maximum atomic E-state index is 12.4. The number of fused-ring (bicyclic) bond motifs is 1. The van der Waals surface area contributed by atoms with Crippen molar-refractivity contribution in [3.8, 4) is 28.8 Å². The largest absolute Gasteiger partial charge is 0.457 e. The van der Waals surface area contributed by atoms with Crippen molar-refractivity contribution in [1.82, 2.24) is 24.6 Å². The standard InChI is InChI=1S/C25H23N7O2/c26-13-12-21(33)31-14-4-5-18(31)15-32-25-22(24(27)28-16-29-25)23(30-32)17-8-10-20(11-9-17)34-19-6-2-1-3-7-19/h1-3,6-11,16,18H,4-5,12,14-15H2,(H2,27,28,29)/t18-/m1/s1. The maximum Gasteiger partial charge on any atom is 0.237 e. The Morgan fingerprint density at radius 1 is 1.12 bits per heavy atom. The topological polar surface area (TPSA) is 123 Å². The van der Waals surface area contributed by atoms with Crippen molar-refractivity contribution < 1.29 is 9.53 Å². The Morgan fingerprint density at radius 3 is 2.65 bits per heavy atom. The highest BCUT2D eigenvalue weighted by Crippen LogP contribution is 2.33. The van der Waals surface area contributed by atoms with E-state index in [0.717, 1.165) is 24.2 Å². The molecule has 2 N–H and O–H groups in total. The molecular weight excluding hydrogens is 430 g/mol. The van der Waals surface area contributed by atoms with Crippen LogP contribution in [0.15, 0.2) is 60.9 Å². The normalized spacial score (nSPS) is 15.4. The summed E-state index contributed by atoms with van der Waals surface area (Å²) < 4.78 is 7.68. The number of anilines is 1. The lowest BCUT2D eigenvalue weighted by atomic mass is 10.1. The van der Waals surface area contributed by atoms with Gasteiger partial charge in [0.25, 0.3) is 0 Å². The number of nitriles is 1. The zero-order valence-corrected chi connectivity index (χ0v) is 18.5. The summed E-state index contributed by atoms with van der Waals surface area (Å²) in [7, 11) is 0. The molecule has 0 bridgehead atoms. The van der Waals surface area contributed by atoms with Crippen LogP contribution < -0.4 is 10.5 Å². The van der Waals surface area contributed by atoms with Gasteiger partial charge < -0.3 is 15.4 Å². The van der Waals surface area contributed by atoms with Crippen LogP contribution in [0.1, 0.15) is 19.3 Å². The van der Waals surface area contributed by atoms with Gasteiger partial charge in [0.1, 0.15) is 35.8 Å². The molecule has 4 aromatic rings. The minimum Gasteiger partial charge on any atom is -0.457 e. The number of nitrogen functional groups attached to an aromatic ring is 1. The Bertz CT molecular complexity index is 1360. The Kier molecular flexibility index (Phi) is 5.79. The van der Waals surface area contributed by atoms with E-state index < -0.39 is 0 Å². The number of rotatable bonds is 6. The summed E-state index contributed by atoms with van der Waals surface area (Å²) in [4.78, 5) is 22.8. The van der Waals surface area contributed by atoms with Crippen molar-refractivity contribution in [3.63, 3.8) is 0 Å². The third-order valence-electron chi connectivity index (χ3n) is 5.98. The average Bonchev–Trinajstić information content (AvgIpc) is 3.47. The van der Waals surface area contributed by atoms with Crippen LogP contribution in [0.2, 0.25) is 0 Å². The number of nitrogens with zero attached hydrogens (tertiary/aromatic N) is 6.